The number of imidazole rings is 1. The lowest BCUT2D eigenvalue weighted by molar-refractivity contribution is 0.451. The summed E-state index contributed by atoms with van der Waals surface area (Å²) in [6.07, 6.45) is 3.91. The summed E-state index contributed by atoms with van der Waals surface area (Å²) in [5, 5.41) is 13.8. The molecule has 5 aromatic carbocycles. The second kappa shape index (κ2) is 14.2. The topological polar surface area (TPSA) is 87.4 Å². The number of aromatic nitrogens is 6. The Balaban J connectivity index is 1.38. The third kappa shape index (κ3) is 5.87. The number of hydrogen-bond acceptors (Lipinski definition) is 5. The van der Waals surface area contributed by atoms with Gasteiger partial charge in [0.25, 0.3) is 0 Å². The molecule has 0 aliphatic carbocycles. The Morgan fingerprint density at radius 2 is 1.20 bits per heavy atom. The third-order valence-corrected chi connectivity index (χ3v) is 9.38. The van der Waals surface area contributed by atoms with Gasteiger partial charge in [-0.05, 0) is 70.3 Å². The van der Waals surface area contributed by atoms with E-state index in [1.807, 2.05) is 22.9 Å². The first-order valence-electron chi connectivity index (χ1n) is 17.1. The molecule has 0 aliphatic rings. The lowest BCUT2D eigenvalue weighted by Crippen LogP contribution is -2.39. The molecular formula is C42H41N7. The predicted molar refractivity (Wildman–Crippen MR) is 197 cm³/mol. The van der Waals surface area contributed by atoms with Crippen LogP contribution in [0.5, 0.6) is 0 Å². The second-order valence-electron chi connectivity index (χ2n) is 12.4. The van der Waals surface area contributed by atoms with Crippen molar-refractivity contribution < 1.29 is 0 Å². The van der Waals surface area contributed by atoms with Gasteiger partial charge >= 0.3 is 0 Å². The Morgan fingerprint density at radius 1 is 0.653 bits per heavy atom. The largest absolute Gasteiger partial charge is 0.330 e. The van der Waals surface area contributed by atoms with Crippen molar-refractivity contribution in [3.63, 3.8) is 0 Å². The maximum Gasteiger partial charge on any atom is 0.184 e. The molecule has 49 heavy (non-hydrogen) atoms. The molecule has 244 valence electrons. The fourth-order valence-corrected chi connectivity index (χ4v) is 7.03. The first-order valence-corrected chi connectivity index (χ1v) is 17.1. The van der Waals surface area contributed by atoms with Crippen LogP contribution in [0.15, 0.2) is 140 Å². The Bertz CT molecular complexity index is 2020. The molecule has 2 aromatic heterocycles. The molecule has 0 atom stereocenters. The highest BCUT2D eigenvalue weighted by atomic mass is 15.6. The number of unbranched alkanes of at least 4 members (excludes halogenated alkanes) is 1. The van der Waals surface area contributed by atoms with Crippen molar-refractivity contribution in [1.82, 2.24) is 29.8 Å². The molecule has 0 fully saturated rings. The van der Waals surface area contributed by atoms with Gasteiger partial charge in [0, 0.05) is 29.8 Å². The molecule has 0 spiro atoms. The van der Waals surface area contributed by atoms with Crippen LogP contribution in [0.1, 0.15) is 53.7 Å². The number of hydrogen-bond donors (Lipinski definition) is 1. The zero-order chi connectivity index (χ0) is 33.6. The Kier molecular flexibility index (Phi) is 9.26. The van der Waals surface area contributed by atoms with Gasteiger partial charge in [0.05, 0.1) is 5.69 Å². The summed E-state index contributed by atoms with van der Waals surface area (Å²) in [6, 6.07) is 48.6. The highest BCUT2D eigenvalue weighted by Crippen LogP contribution is 2.43. The minimum atomic E-state index is -0.839. The first kappa shape index (κ1) is 31.9. The fourth-order valence-electron chi connectivity index (χ4n) is 7.03. The van der Waals surface area contributed by atoms with E-state index in [4.69, 9.17) is 21.0 Å². The summed E-state index contributed by atoms with van der Waals surface area (Å²) in [4.78, 5) is 5.01. The average molecular weight is 644 g/mol. The van der Waals surface area contributed by atoms with Crippen LogP contribution in [0.25, 0.3) is 28.2 Å². The van der Waals surface area contributed by atoms with Crippen LogP contribution in [0.2, 0.25) is 0 Å². The fraction of sp³-hybridized carbons (Fsp3) is 0.190. The van der Waals surface area contributed by atoms with Crippen molar-refractivity contribution in [2.45, 2.75) is 45.1 Å². The molecule has 7 aromatic rings. The second-order valence-corrected chi connectivity index (χ2v) is 12.4. The molecule has 7 heteroatoms. The van der Waals surface area contributed by atoms with Gasteiger partial charge in [0.1, 0.15) is 11.4 Å². The van der Waals surface area contributed by atoms with E-state index in [9.17, 15) is 0 Å². The average Bonchev–Trinajstić information content (AvgIpc) is 3.77. The van der Waals surface area contributed by atoms with Gasteiger partial charge in [-0.15, -0.1) is 5.10 Å². The van der Waals surface area contributed by atoms with Crippen molar-refractivity contribution in [1.29, 1.82) is 0 Å². The Labute approximate surface area is 288 Å². The van der Waals surface area contributed by atoms with Crippen LogP contribution >= 0.6 is 0 Å². The van der Waals surface area contributed by atoms with Gasteiger partial charge in [0.15, 0.2) is 5.82 Å². The number of aryl methyl sites for hydroxylation is 1. The Morgan fingerprint density at radius 3 is 1.76 bits per heavy atom. The normalized spacial score (nSPS) is 11.6. The van der Waals surface area contributed by atoms with E-state index in [0.717, 1.165) is 82.0 Å². The van der Waals surface area contributed by atoms with Crippen LogP contribution in [0.4, 0.5) is 0 Å². The molecule has 0 saturated carbocycles. The van der Waals surface area contributed by atoms with Gasteiger partial charge in [-0.3, -0.25) is 0 Å². The summed E-state index contributed by atoms with van der Waals surface area (Å²) < 4.78 is 4.29. The van der Waals surface area contributed by atoms with Crippen molar-refractivity contribution >= 4 is 0 Å². The monoisotopic (exact) mass is 643 g/mol. The van der Waals surface area contributed by atoms with Crippen LogP contribution in [-0.4, -0.2) is 36.3 Å². The number of rotatable bonds is 12. The maximum absolute atomic E-state index is 5.94. The number of tetrazole rings is 1. The Hall–Kier alpha value is -5.66. The number of nitrogens with two attached hydrogens (primary N) is 1. The van der Waals surface area contributed by atoms with Crippen LogP contribution in [0.3, 0.4) is 0 Å². The molecule has 0 amide bonds. The zero-order valence-corrected chi connectivity index (χ0v) is 28.1. The number of nitrogens with zero attached hydrogens (tertiary/aromatic N) is 6. The van der Waals surface area contributed by atoms with Crippen LogP contribution in [-0.2, 0) is 18.4 Å². The molecule has 7 nitrogen and oxygen atoms in total. The summed E-state index contributed by atoms with van der Waals surface area (Å²) in [5.41, 5.74) is 14.7. The molecule has 0 aliphatic heterocycles. The molecule has 2 heterocycles. The van der Waals surface area contributed by atoms with E-state index in [0.29, 0.717) is 12.4 Å². The highest BCUT2D eigenvalue weighted by Gasteiger charge is 2.42. The third-order valence-electron chi connectivity index (χ3n) is 9.38. The lowest BCUT2D eigenvalue weighted by atomic mass is 9.77. The maximum atomic E-state index is 5.94. The minimum absolute atomic E-state index is 0.584. The van der Waals surface area contributed by atoms with Crippen molar-refractivity contribution in [3.05, 3.63) is 173 Å². The van der Waals surface area contributed by atoms with Crippen molar-refractivity contribution in [2.24, 2.45) is 5.73 Å². The summed E-state index contributed by atoms with van der Waals surface area (Å²) in [6.45, 7) is 4.95. The molecule has 0 unspecified atom stereocenters. The molecule has 0 bridgehead atoms. The number of benzene rings is 5. The quantitative estimate of drug-likeness (QED) is 0.136. The smallest absolute Gasteiger partial charge is 0.184 e. The molecule has 0 radical (unpaired) electrons. The van der Waals surface area contributed by atoms with E-state index in [2.05, 4.69) is 145 Å². The molecule has 7 rings (SSSR count). The van der Waals surface area contributed by atoms with Crippen molar-refractivity contribution in [2.75, 3.05) is 6.54 Å². The van der Waals surface area contributed by atoms with Gasteiger partial charge in [-0.1, -0.05) is 141 Å². The summed E-state index contributed by atoms with van der Waals surface area (Å²) in [5.74, 6) is 1.77. The van der Waals surface area contributed by atoms with Gasteiger partial charge < -0.3 is 10.3 Å². The van der Waals surface area contributed by atoms with Crippen molar-refractivity contribution in [3.8, 4) is 28.2 Å². The minimum Gasteiger partial charge on any atom is -0.330 e. The zero-order valence-electron chi connectivity index (χ0n) is 28.1. The van der Waals surface area contributed by atoms with E-state index >= 15 is 0 Å². The predicted octanol–water partition coefficient (Wildman–Crippen LogP) is 8.19. The molecule has 2 N–H and O–H groups in total. The molecule has 0 saturated heterocycles. The van der Waals surface area contributed by atoms with Gasteiger partial charge in [0.2, 0.25) is 0 Å². The first-order chi connectivity index (χ1) is 24.2. The lowest BCUT2D eigenvalue weighted by Gasteiger charge is -2.36. The van der Waals surface area contributed by atoms with Gasteiger partial charge in [-0.25, -0.2) is 9.67 Å². The summed E-state index contributed by atoms with van der Waals surface area (Å²) >= 11 is 0. The van der Waals surface area contributed by atoms with E-state index in [1.165, 1.54) is 0 Å². The van der Waals surface area contributed by atoms with Crippen LogP contribution < -0.4 is 5.73 Å². The van der Waals surface area contributed by atoms with E-state index in [-0.39, 0.29) is 0 Å². The van der Waals surface area contributed by atoms with Gasteiger partial charge in [-0.2, -0.15) is 0 Å². The standard InChI is InChI=1S/C42H41N7/c1-3-4-24-40-44-39(29-30-43)31(2)48(40)36-27-25-32(26-28-36)37-22-14-15-23-38(37)41-45-46-47-49(41)42(33-16-8-5-9-17-33,34-18-10-6-11-19-34)35-20-12-7-13-21-35/h5-23,25-28H,3-4,24,29-30,43H2,1-2H3. The summed E-state index contributed by atoms with van der Waals surface area (Å²) in [7, 11) is 0. The van der Waals surface area contributed by atoms with E-state index < -0.39 is 5.54 Å². The molecular weight excluding hydrogens is 603 g/mol. The van der Waals surface area contributed by atoms with E-state index in [1.54, 1.807) is 0 Å². The SMILES string of the molecule is CCCCc1nc(CCN)c(C)n1-c1ccc(-c2ccccc2-c2nnnn2C(c2ccccc2)(c2ccccc2)c2ccccc2)cc1. The van der Waals surface area contributed by atoms with Crippen LogP contribution in [0, 0.1) is 6.92 Å². The highest BCUT2D eigenvalue weighted by molar-refractivity contribution is 5.81.